The van der Waals surface area contributed by atoms with Gasteiger partial charge in [0.2, 0.25) is 11.9 Å². The molecule has 1 fully saturated rings. The zero-order valence-corrected chi connectivity index (χ0v) is 13.5. The summed E-state index contributed by atoms with van der Waals surface area (Å²) in [5.41, 5.74) is 1.95. The number of aromatic nitrogens is 2. The molecule has 1 aliphatic heterocycles. The van der Waals surface area contributed by atoms with Crippen LogP contribution in [0.1, 0.15) is 38.1 Å². The van der Waals surface area contributed by atoms with Crippen molar-refractivity contribution in [3.05, 3.63) is 17.5 Å². The Morgan fingerprint density at radius 2 is 2.05 bits per heavy atom. The van der Waals surface area contributed by atoms with Crippen LogP contribution in [0.2, 0.25) is 0 Å². The lowest BCUT2D eigenvalue weighted by Gasteiger charge is -2.32. The molecule has 0 unspecified atom stereocenters. The molecular formula is C16H26N4O. The molecule has 1 atom stereocenters. The molecule has 1 N–H and O–H groups in total. The Kier molecular flexibility index (Phi) is 5.15. The van der Waals surface area contributed by atoms with Gasteiger partial charge >= 0.3 is 0 Å². The first-order valence-electron chi connectivity index (χ1n) is 7.80. The van der Waals surface area contributed by atoms with E-state index in [0.717, 1.165) is 43.3 Å². The maximum absolute atomic E-state index is 12.2. The van der Waals surface area contributed by atoms with E-state index in [9.17, 15) is 4.79 Å². The average Bonchev–Trinajstić information content (AvgIpc) is 2.44. The van der Waals surface area contributed by atoms with Gasteiger partial charge in [-0.1, -0.05) is 13.8 Å². The Hall–Kier alpha value is -1.65. The van der Waals surface area contributed by atoms with Crippen LogP contribution in [-0.4, -0.2) is 35.5 Å². The number of anilines is 1. The van der Waals surface area contributed by atoms with Crippen molar-refractivity contribution in [3.8, 4) is 0 Å². The zero-order valence-electron chi connectivity index (χ0n) is 13.5. The van der Waals surface area contributed by atoms with Gasteiger partial charge in [0.15, 0.2) is 0 Å². The van der Waals surface area contributed by atoms with E-state index in [2.05, 4.69) is 34.0 Å². The minimum Gasteiger partial charge on any atom is -0.356 e. The molecule has 0 aromatic carbocycles. The Balaban J connectivity index is 2.01. The Morgan fingerprint density at radius 1 is 1.38 bits per heavy atom. The van der Waals surface area contributed by atoms with E-state index < -0.39 is 0 Å². The maximum Gasteiger partial charge on any atom is 0.225 e. The first kappa shape index (κ1) is 15.7. The number of amides is 1. The highest BCUT2D eigenvalue weighted by Crippen LogP contribution is 2.21. The molecule has 21 heavy (non-hydrogen) atoms. The van der Waals surface area contributed by atoms with Crippen LogP contribution in [0, 0.1) is 25.7 Å². The van der Waals surface area contributed by atoms with Crippen LogP contribution >= 0.6 is 0 Å². The second-order valence-electron chi connectivity index (χ2n) is 6.37. The van der Waals surface area contributed by atoms with Crippen molar-refractivity contribution >= 4 is 11.9 Å². The van der Waals surface area contributed by atoms with Crippen molar-refractivity contribution < 1.29 is 4.79 Å². The van der Waals surface area contributed by atoms with Gasteiger partial charge < -0.3 is 10.2 Å². The number of piperidine rings is 1. The highest BCUT2D eigenvalue weighted by atomic mass is 16.1. The van der Waals surface area contributed by atoms with Gasteiger partial charge in [-0.25, -0.2) is 9.97 Å². The number of hydrogen-bond donors (Lipinski definition) is 1. The van der Waals surface area contributed by atoms with E-state index in [0.29, 0.717) is 12.5 Å². The van der Waals surface area contributed by atoms with Gasteiger partial charge in [0.25, 0.3) is 0 Å². The zero-order chi connectivity index (χ0) is 15.4. The van der Waals surface area contributed by atoms with Crippen LogP contribution in [0.25, 0.3) is 0 Å². The number of nitrogens with one attached hydrogen (secondary N) is 1. The molecule has 1 aromatic heterocycles. The van der Waals surface area contributed by atoms with Crippen molar-refractivity contribution in [3.63, 3.8) is 0 Å². The predicted octanol–water partition coefficient (Wildman–Crippen LogP) is 2.08. The molecule has 0 aliphatic carbocycles. The second kappa shape index (κ2) is 6.87. The fraction of sp³-hybridized carbons (Fsp3) is 0.688. The summed E-state index contributed by atoms with van der Waals surface area (Å²) in [6, 6.07) is 1.97. The SMILES string of the molecule is Cc1cc(C)nc(N2CCC[C@@H](C(=O)NCC(C)C)C2)n1. The van der Waals surface area contributed by atoms with Gasteiger partial charge in [0.05, 0.1) is 5.92 Å². The molecule has 5 heteroatoms. The molecule has 1 aromatic rings. The van der Waals surface area contributed by atoms with Crippen molar-refractivity contribution in [1.29, 1.82) is 0 Å². The fourth-order valence-electron chi connectivity index (χ4n) is 2.67. The molecular weight excluding hydrogens is 264 g/mol. The highest BCUT2D eigenvalue weighted by molar-refractivity contribution is 5.79. The smallest absolute Gasteiger partial charge is 0.225 e. The normalized spacial score (nSPS) is 18.9. The van der Waals surface area contributed by atoms with Crippen LogP contribution in [0.4, 0.5) is 5.95 Å². The lowest BCUT2D eigenvalue weighted by atomic mass is 9.97. The molecule has 2 heterocycles. The van der Waals surface area contributed by atoms with Gasteiger partial charge in [-0.3, -0.25) is 4.79 Å². The van der Waals surface area contributed by atoms with Crippen molar-refractivity contribution in [2.24, 2.45) is 11.8 Å². The quantitative estimate of drug-likeness (QED) is 0.922. The molecule has 1 saturated heterocycles. The van der Waals surface area contributed by atoms with E-state index in [-0.39, 0.29) is 11.8 Å². The molecule has 1 amide bonds. The third-order valence-electron chi connectivity index (χ3n) is 3.73. The summed E-state index contributed by atoms with van der Waals surface area (Å²) in [7, 11) is 0. The van der Waals surface area contributed by atoms with E-state index in [1.807, 2.05) is 19.9 Å². The summed E-state index contributed by atoms with van der Waals surface area (Å²) < 4.78 is 0. The van der Waals surface area contributed by atoms with Crippen LogP contribution in [0.3, 0.4) is 0 Å². The lowest BCUT2D eigenvalue weighted by Crippen LogP contribution is -2.44. The number of aryl methyl sites for hydroxylation is 2. The maximum atomic E-state index is 12.2. The van der Waals surface area contributed by atoms with E-state index in [4.69, 9.17) is 0 Å². The third kappa shape index (κ3) is 4.41. The summed E-state index contributed by atoms with van der Waals surface area (Å²) in [6.45, 7) is 10.6. The highest BCUT2D eigenvalue weighted by Gasteiger charge is 2.27. The monoisotopic (exact) mass is 290 g/mol. The van der Waals surface area contributed by atoms with Crippen molar-refractivity contribution in [2.75, 3.05) is 24.5 Å². The average molecular weight is 290 g/mol. The van der Waals surface area contributed by atoms with Crippen molar-refractivity contribution in [1.82, 2.24) is 15.3 Å². The van der Waals surface area contributed by atoms with Crippen LogP contribution in [0.15, 0.2) is 6.07 Å². The summed E-state index contributed by atoms with van der Waals surface area (Å²) in [5.74, 6) is 1.45. The molecule has 1 aliphatic rings. The van der Waals surface area contributed by atoms with Crippen LogP contribution in [0.5, 0.6) is 0 Å². The molecule has 0 bridgehead atoms. The number of carbonyl (C=O) groups is 1. The first-order chi connectivity index (χ1) is 9.95. The summed E-state index contributed by atoms with van der Waals surface area (Å²) >= 11 is 0. The summed E-state index contributed by atoms with van der Waals surface area (Å²) in [5, 5.41) is 3.04. The minimum atomic E-state index is 0.0434. The molecule has 2 rings (SSSR count). The fourth-order valence-corrected chi connectivity index (χ4v) is 2.67. The van der Waals surface area contributed by atoms with Crippen LogP contribution in [-0.2, 0) is 4.79 Å². The number of nitrogens with zero attached hydrogens (tertiary/aromatic N) is 3. The third-order valence-corrected chi connectivity index (χ3v) is 3.73. The van der Waals surface area contributed by atoms with Gasteiger partial charge in [-0.15, -0.1) is 0 Å². The van der Waals surface area contributed by atoms with E-state index >= 15 is 0 Å². The van der Waals surface area contributed by atoms with Gasteiger partial charge in [-0.05, 0) is 38.7 Å². The summed E-state index contributed by atoms with van der Waals surface area (Å²) in [6.07, 6.45) is 1.96. The molecule has 0 spiro atoms. The second-order valence-corrected chi connectivity index (χ2v) is 6.37. The number of rotatable bonds is 4. The first-order valence-corrected chi connectivity index (χ1v) is 7.80. The Labute approximate surface area is 127 Å². The van der Waals surface area contributed by atoms with Gasteiger partial charge in [0.1, 0.15) is 0 Å². The van der Waals surface area contributed by atoms with E-state index in [1.54, 1.807) is 0 Å². The van der Waals surface area contributed by atoms with Gasteiger partial charge in [-0.2, -0.15) is 0 Å². The standard InChI is InChI=1S/C16H26N4O/c1-11(2)9-17-15(21)14-6-5-7-20(10-14)16-18-12(3)8-13(4)19-16/h8,11,14H,5-7,9-10H2,1-4H3,(H,17,21)/t14-/m1/s1. The van der Waals surface area contributed by atoms with E-state index in [1.165, 1.54) is 0 Å². The predicted molar refractivity (Wildman–Crippen MR) is 84.3 cm³/mol. The van der Waals surface area contributed by atoms with Gasteiger partial charge in [0, 0.05) is 31.0 Å². The number of hydrogen-bond acceptors (Lipinski definition) is 4. The van der Waals surface area contributed by atoms with Crippen LogP contribution < -0.4 is 10.2 Å². The molecule has 116 valence electrons. The Bertz CT molecular complexity index is 481. The summed E-state index contributed by atoms with van der Waals surface area (Å²) in [4.78, 5) is 23.4. The largest absolute Gasteiger partial charge is 0.356 e. The van der Waals surface area contributed by atoms with Crippen molar-refractivity contribution in [2.45, 2.75) is 40.5 Å². The number of carbonyl (C=O) groups excluding carboxylic acids is 1. The Morgan fingerprint density at radius 3 is 2.67 bits per heavy atom. The molecule has 5 nitrogen and oxygen atoms in total. The lowest BCUT2D eigenvalue weighted by molar-refractivity contribution is -0.125. The topological polar surface area (TPSA) is 58.1 Å². The minimum absolute atomic E-state index is 0.0434. The molecule has 0 saturated carbocycles. The molecule has 0 radical (unpaired) electrons.